The smallest absolute Gasteiger partial charge is 0.748 e. The molecule has 10 atom stereocenters. The Labute approximate surface area is 332 Å². The molecule has 0 saturated heterocycles. The maximum atomic E-state index is 12.1. The van der Waals surface area contributed by atoms with Gasteiger partial charge in [-0.25, -0.2) is 16.8 Å². The molecule has 0 bridgehead atoms. The normalized spacial score (nSPS) is 36.8. The fourth-order valence-corrected chi connectivity index (χ4v) is 9.30. The van der Waals surface area contributed by atoms with Crippen molar-refractivity contribution in [2.45, 2.75) is 124 Å². The van der Waals surface area contributed by atoms with Crippen LogP contribution in [0.15, 0.2) is 10.2 Å². The summed E-state index contributed by atoms with van der Waals surface area (Å²) in [6.07, 6.45) is 4.38. The minimum atomic E-state index is -4.63. The molecule has 0 spiro atoms. The number of aliphatic hydroxyl groups excluding tert-OH is 1. The first-order valence-electron chi connectivity index (χ1n) is 14.3. The number of ether oxygens (including phenoxy) is 1. The molecule has 0 aromatic heterocycles. The fourth-order valence-electron chi connectivity index (χ4n) is 7.20. The molecule has 4 aliphatic rings. The number of thiol groups is 1. The monoisotopic (exact) mass is 712 g/mol. The molecular weight excluding hydrogens is 671 g/mol. The Bertz CT molecular complexity index is 1110. The maximum Gasteiger partial charge on any atom is 1.00 e. The minimum Gasteiger partial charge on any atom is -0.748 e. The van der Waals surface area contributed by atoms with E-state index < -0.39 is 72.9 Å². The van der Waals surface area contributed by atoms with E-state index in [1.807, 2.05) is 6.92 Å². The largest absolute Gasteiger partial charge is 1.00 e. The molecule has 44 heavy (non-hydrogen) atoms. The summed E-state index contributed by atoms with van der Waals surface area (Å²) in [5.74, 6) is -0.970. The molecule has 2 N–H and O–H groups in total. The molecule has 20 heteroatoms. The SMILES string of the molecule is CC1CCC(N=NC2C(OOOS)CC3CC(S(=O)(=O)[O-])CC(NCOC4CCCCC4)C3C2O)C(S(=O)(=O)[O-])C1.[Na+].[Na+].[Na]. The number of rotatable bonds is 11. The molecule has 10 unspecified atom stereocenters. The van der Waals surface area contributed by atoms with Crippen molar-refractivity contribution in [3.05, 3.63) is 0 Å². The van der Waals surface area contributed by atoms with Gasteiger partial charge >= 0.3 is 59.1 Å². The molecule has 14 nitrogen and oxygen atoms in total. The van der Waals surface area contributed by atoms with Crippen LogP contribution in [0.1, 0.15) is 77.6 Å². The van der Waals surface area contributed by atoms with Gasteiger partial charge < -0.3 is 18.9 Å². The second-order valence-corrected chi connectivity index (χ2v) is 15.4. The first-order chi connectivity index (χ1) is 19.4. The molecule has 0 aromatic rings. The third-order valence-electron chi connectivity index (χ3n) is 9.31. The number of nitrogens with zero attached hydrogens (tertiary/aromatic N) is 2. The zero-order valence-electron chi connectivity index (χ0n) is 26.0. The molecular formula is C24H41N3Na3O11S3. The van der Waals surface area contributed by atoms with Gasteiger partial charge in [-0.05, 0) is 63.2 Å². The zero-order valence-corrected chi connectivity index (χ0v) is 34.6. The van der Waals surface area contributed by atoms with E-state index >= 15 is 0 Å². The molecule has 4 aliphatic carbocycles. The van der Waals surface area contributed by atoms with E-state index in [1.54, 1.807) is 0 Å². The van der Waals surface area contributed by atoms with E-state index in [2.05, 4.69) is 37.8 Å². The second-order valence-electron chi connectivity index (χ2n) is 12.0. The van der Waals surface area contributed by atoms with Crippen LogP contribution < -0.4 is 64.4 Å². The average molecular weight is 713 g/mol. The van der Waals surface area contributed by atoms with Crippen LogP contribution in [0.2, 0.25) is 0 Å². The third-order valence-corrected chi connectivity index (χ3v) is 11.8. The van der Waals surface area contributed by atoms with Crippen molar-refractivity contribution in [1.29, 1.82) is 0 Å². The Morgan fingerprint density at radius 2 is 1.61 bits per heavy atom. The molecule has 0 heterocycles. The molecule has 4 fully saturated rings. The Kier molecular flexibility index (Phi) is 20.7. The van der Waals surface area contributed by atoms with Crippen molar-refractivity contribution in [2.24, 2.45) is 28.0 Å². The average Bonchev–Trinajstić information content (AvgIpc) is 2.91. The van der Waals surface area contributed by atoms with E-state index in [0.29, 0.717) is 12.8 Å². The molecule has 0 amide bonds. The summed E-state index contributed by atoms with van der Waals surface area (Å²) < 4.78 is 82.3. The van der Waals surface area contributed by atoms with Crippen LogP contribution in [0, 0.1) is 17.8 Å². The molecule has 239 valence electrons. The van der Waals surface area contributed by atoms with Crippen molar-refractivity contribution < 1.29 is 109 Å². The van der Waals surface area contributed by atoms with Crippen molar-refractivity contribution in [3.8, 4) is 0 Å². The standard InChI is InChI=1S/C24H43N3O11S3.3Na/c1-14-7-8-18(21(9-14)41(32,33)34)26-27-23-20(36-37-38-39)11-15-10-17(40(29,30)31)12-19(22(15)24(23)28)25-13-35-16-5-3-2-4-6-16;;;/h14-25,28,39H,2-13H2,1H3,(H,29,30,31)(H,32,33,34);;;/q;;2*+1/p-2. The van der Waals surface area contributed by atoms with Gasteiger partial charge in [-0.2, -0.15) is 15.1 Å². The summed E-state index contributed by atoms with van der Waals surface area (Å²) in [6.45, 7) is 2.00. The van der Waals surface area contributed by atoms with Crippen molar-refractivity contribution >= 4 is 62.7 Å². The van der Waals surface area contributed by atoms with Gasteiger partial charge in [0.1, 0.15) is 12.1 Å². The van der Waals surface area contributed by atoms with Gasteiger partial charge in [0.15, 0.2) is 0 Å². The number of azo groups is 1. The quantitative estimate of drug-likeness (QED) is 0.0271. The number of hydrogen-bond acceptors (Lipinski definition) is 15. The van der Waals surface area contributed by atoms with E-state index in [9.17, 15) is 31.0 Å². The predicted octanol–water partition coefficient (Wildman–Crippen LogP) is -4.40. The first kappa shape index (κ1) is 44.6. The van der Waals surface area contributed by atoms with Crippen LogP contribution in [0.25, 0.3) is 0 Å². The van der Waals surface area contributed by atoms with Crippen LogP contribution >= 0.6 is 12.9 Å². The van der Waals surface area contributed by atoms with Crippen LogP contribution in [0.3, 0.4) is 0 Å². The van der Waals surface area contributed by atoms with Gasteiger partial charge in [-0.1, -0.05) is 31.2 Å². The van der Waals surface area contributed by atoms with Crippen LogP contribution in [0.5, 0.6) is 0 Å². The number of fused-ring (bicyclic) bond motifs is 1. The van der Waals surface area contributed by atoms with Crippen molar-refractivity contribution in [1.82, 2.24) is 5.32 Å². The molecule has 0 aliphatic heterocycles. The van der Waals surface area contributed by atoms with Gasteiger partial charge in [0, 0.05) is 54.4 Å². The van der Waals surface area contributed by atoms with Gasteiger partial charge in [-0.3, -0.25) is 5.32 Å². The summed E-state index contributed by atoms with van der Waals surface area (Å²) in [5.41, 5.74) is 0. The Morgan fingerprint density at radius 3 is 2.23 bits per heavy atom. The van der Waals surface area contributed by atoms with Crippen LogP contribution in [0.4, 0.5) is 0 Å². The summed E-state index contributed by atoms with van der Waals surface area (Å²) in [4.78, 5) is 5.27. The number of nitrogens with one attached hydrogen (secondary N) is 1. The van der Waals surface area contributed by atoms with Crippen LogP contribution in [-0.4, -0.2) is 114 Å². The third kappa shape index (κ3) is 12.4. The van der Waals surface area contributed by atoms with E-state index in [0.717, 1.165) is 32.1 Å². The van der Waals surface area contributed by atoms with Gasteiger partial charge in [-0.15, -0.1) is 4.33 Å². The Balaban J connectivity index is 0.00000323. The molecule has 4 saturated carbocycles. The Morgan fingerprint density at radius 1 is 0.932 bits per heavy atom. The van der Waals surface area contributed by atoms with Crippen LogP contribution in [-0.2, 0) is 39.2 Å². The molecule has 1 radical (unpaired) electrons. The summed E-state index contributed by atoms with van der Waals surface area (Å²) in [5, 5.41) is 25.5. The van der Waals surface area contributed by atoms with Gasteiger partial charge in [0.05, 0.1) is 55.7 Å². The van der Waals surface area contributed by atoms with Gasteiger partial charge in [0.2, 0.25) is 0 Å². The van der Waals surface area contributed by atoms with Gasteiger partial charge in [0.25, 0.3) is 0 Å². The van der Waals surface area contributed by atoms with E-state index in [-0.39, 0.29) is 133 Å². The Hall–Kier alpha value is 2.53. The molecule has 4 rings (SSSR count). The summed E-state index contributed by atoms with van der Waals surface area (Å²) >= 11 is 3.49. The van der Waals surface area contributed by atoms with E-state index in [4.69, 9.17) is 9.62 Å². The fraction of sp³-hybridized carbons (Fsp3) is 1.00. The number of aliphatic hydroxyl groups is 1. The predicted molar refractivity (Wildman–Crippen MR) is 151 cm³/mol. The molecule has 0 aromatic carbocycles. The summed E-state index contributed by atoms with van der Waals surface area (Å²) in [7, 11) is -9.25. The topological polar surface area (TPSA) is 208 Å². The first-order valence-corrected chi connectivity index (χ1v) is 17.6. The second kappa shape index (κ2) is 20.4. The number of hydrogen-bond donors (Lipinski definition) is 3. The van der Waals surface area contributed by atoms with Crippen molar-refractivity contribution in [2.75, 3.05) is 6.73 Å². The minimum absolute atomic E-state index is 0. The summed E-state index contributed by atoms with van der Waals surface area (Å²) in [6, 6.07) is -2.52. The van der Waals surface area contributed by atoms with E-state index in [1.165, 1.54) is 0 Å². The zero-order chi connectivity index (χ0) is 29.8. The van der Waals surface area contributed by atoms with Crippen molar-refractivity contribution in [3.63, 3.8) is 0 Å². The maximum absolute atomic E-state index is 12.1.